The quantitative estimate of drug-likeness (QED) is 0.747. The van der Waals surface area contributed by atoms with Gasteiger partial charge in [-0.2, -0.15) is 0 Å². The van der Waals surface area contributed by atoms with Crippen LogP contribution in [0.15, 0.2) is 24.3 Å². The van der Waals surface area contributed by atoms with Gasteiger partial charge in [0.2, 0.25) is 0 Å². The second-order valence-corrected chi connectivity index (χ2v) is 6.75. The van der Waals surface area contributed by atoms with Crippen LogP contribution in [0.5, 0.6) is 0 Å². The molecule has 0 unspecified atom stereocenters. The highest BCUT2D eigenvalue weighted by molar-refractivity contribution is 7.19. The molecule has 0 fully saturated rings. The van der Waals surface area contributed by atoms with E-state index < -0.39 is 0 Å². The summed E-state index contributed by atoms with van der Waals surface area (Å²) in [6, 6.07) is 9.13. The molecule has 2 rings (SSSR count). The molecule has 0 bridgehead atoms. The van der Waals surface area contributed by atoms with Crippen molar-refractivity contribution in [3.63, 3.8) is 0 Å². The molecule has 110 valence electrons. The highest BCUT2D eigenvalue weighted by atomic mass is 32.1. The van der Waals surface area contributed by atoms with Gasteiger partial charge in [0, 0.05) is 34.9 Å². The van der Waals surface area contributed by atoms with E-state index in [-0.39, 0.29) is 0 Å². The Morgan fingerprint density at radius 1 is 1.05 bits per heavy atom. The Labute approximate surface area is 127 Å². The summed E-state index contributed by atoms with van der Waals surface area (Å²) in [4.78, 5) is 6.28. The first-order chi connectivity index (χ1) is 9.63. The zero-order valence-electron chi connectivity index (χ0n) is 13.1. The average Bonchev–Trinajstić information content (AvgIpc) is 2.79. The number of benzene rings is 1. The second-order valence-electron chi connectivity index (χ2n) is 5.46. The van der Waals surface area contributed by atoms with Crippen LogP contribution < -0.4 is 4.90 Å². The predicted octanol–water partition coefficient (Wildman–Crippen LogP) is 4.38. The molecule has 2 nitrogen and oxygen atoms in total. The summed E-state index contributed by atoms with van der Waals surface area (Å²) in [6.07, 6.45) is 1.23. The number of rotatable bonds is 7. The van der Waals surface area contributed by atoms with Crippen molar-refractivity contribution in [3.8, 4) is 0 Å². The number of hydrogen-bond acceptors (Lipinski definition) is 3. The molecule has 0 saturated carbocycles. The van der Waals surface area contributed by atoms with Gasteiger partial charge in [-0.3, -0.25) is 0 Å². The molecule has 1 aromatic carbocycles. The Hall–Kier alpha value is -1.06. The first kappa shape index (κ1) is 15.3. The van der Waals surface area contributed by atoms with Crippen LogP contribution in [0.3, 0.4) is 0 Å². The molecule has 0 spiro atoms. The highest BCUT2D eigenvalue weighted by Crippen LogP contribution is 2.29. The molecule has 3 heteroatoms. The zero-order valence-corrected chi connectivity index (χ0v) is 14.0. The summed E-state index contributed by atoms with van der Waals surface area (Å²) in [6.45, 7) is 11.1. The number of nitrogens with zero attached hydrogens (tertiary/aromatic N) is 2. The van der Waals surface area contributed by atoms with Gasteiger partial charge < -0.3 is 9.80 Å². The maximum absolute atomic E-state index is 2.47. The Balaban J connectivity index is 2.08. The van der Waals surface area contributed by atoms with Gasteiger partial charge in [-0.1, -0.05) is 13.0 Å². The Kier molecular flexibility index (Phi) is 5.44. The van der Waals surface area contributed by atoms with Crippen LogP contribution in [-0.2, 0) is 0 Å². The van der Waals surface area contributed by atoms with Gasteiger partial charge in [-0.05, 0) is 57.4 Å². The largest absolute Gasteiger partial charge is 0.370 e. The van der Waals surface area contributed by atoms with Gasteiger partial charge in [0.05, 0.1) is 0 Å². The number of hydrogen-bond donors (Lipinski definition) is 0. The smallest absolute Gasteiger partial charge is 0.0381 e. The zero-order chi connectivity index (χ0) is 14.5. The summed E-state index contributed by atoms with van der Waals surface area (Å²) >= 11 is 1.89. The molecule has 2 aromatic rings. The third-order valence-corrected chi connectivity index (χ3v) is 4.74. The molecule has 0 N–H and O–H groups in total. The molecule has 0 aliphatic carbocycles. The van der Waals surface area contributed by atoms with Gasteiger partial charge in [0.1, 0.15) is 0 Å². The molecule has 0 saturated heterocycles. The minimum absolute atomic E-state index is 1.07. The van der Waals surface area contributed by atoms with E-state index in [4.69, 9.17) is 0 Å². The summed E-state index contributed by atoms with van der Waals surface area (Å²) < 4.78 is 1.40. The summed E-state index contributed by atoms with van der Waals surface area (Å²) in [7, 11) is 2.21. The lowest BCUT2D eigenvalue weighted by atomic mass is 10.2. The highest BCUT2D eigenvalue weighted by Gasteiger charge is 2.07. The molecule has 1 heterocycles. The van der Waals surface area contributed by atoms with Crippen LogP contribution in [0.2, 0.25) is 0 Å². The molecule has 0 amide bonds. The average molecular weight is 290 g/mol. The van der Waals surface area contributed by atoms with Gasteiger partial charge in [0.15, 0.2) is 0 Å². The van der Waals surface area contributed by atoms with E-state index in [1.54, 1.807) is 0 Å². The first-order valence-electron chi connectivity index (χ1n) is 7.57. The summed E-state index contributed by atoms with van der Waals surface area (Å²) in [5.74, 6) is 0. The Morgan fingerprint density at radius 2 is 1.85 bits per heavy atom. The van der Waals surface area contributed by atoms with E-state index in [9.17, 15) is 0 Å². The third-order valence-electron chi connectivity index (χ3n) is 3.73. The van der Waals surface area contributed by atoms with Crippen LogP contribution in [0.4, 0.5) is 5.69 Å². The van der Waals surface area contributed by atoms with E-state index in [2.05, 4.69) is 61.9 Å². The molecule has 0 aliphatic rings. The maximum Gasteiger partial charge on any atom is 0.0381 e. The van der Waals surface area contributed by atoms with Crippen molar-refractivity contribution in [2.24, 2.45) is 0 Å². The lowest BCUT2D eigenvalue weighted by Gasteiger charge is -2.26. The van der Waals surface area contributed by atoms with E-state index in [0.717, 1.165) is 19.6 Å². The maximum atomic E-state index is 2.47. The topological polar surface area (TPSA) is 6.48 Å². The van der Waals surface area contributed by atoms with Crippen LogP contribution >= 0.6 is 11.3 Å². The van der Waals surface area contributed by atoms with Gasteiger partial charge in [-0.25, -0.2) is 0 Å². The minimum atomic E-state index is 1.07. The van der Waals surface area contributed by atoms with Crippen LogP contribution in [0, 0.1) is 6.92 Å². The van der Waals surface area contributed by atoms with Crippen LogP contribution in [0.1, 0.15) is 25.1 Å². The Morgan fingerprint density at radius 3 is 2.55 bits per heavy atom. The predicted molar refractivity (Wildman–Crippen MR) is 92.2 cm³/mol. The number of anilines is 1. The monoisotopic (exact) mass is 290 g/mol. The lowest BCUT2D eigenvalue weighted by Crippen LogP contribution is -2.33. The van der Waals surface area contributed by atoms with Crippen molar-refractivity contribution in [2.75, 3.05) is 38.1 Å². The SMILES string of the molecule is CCCN(C)CCN(CC)c1ccc2cc(C)sc2c1. The standard InChI is InChI=1S/C17H26N2S/c1-5-9-18(4)10-11-19(6-2)16-8-7-15-12-14(3)20-17(15)13-16/h7-8,12-13H,5-6,9-11H2,1-4H3. The fraction of sp³-hybridized carbons (Fsp3) is 0.529. The second kappa shape index (κ2) is 7.09. The lowest BCUT2D eigenvalue weighted by molar-refractivity contribution is 0.341. The number of aryl methyl sites for hydroxylation is 1. The van der Waals surface area contributed by atoms with Crippen molar-refractivity contribution in [1.82, 2.24) is 4.90 Å². The molecular formula is C17H26N2S. The van der Waals surface area contributed by atoms with Crippen molar-refractivity contribution in [2.45, 2.75) is 27.2 Å². The molecule has 20 heavy (non-hydrogen) atoms. The van der Waals surface area contributed by atoms with E-state index in [1.165, 1.54) is 33.6 Å². The fourth-order valence-electron chi connectivity index (χ4n) is 2.60. The van der Waals surface area contributed by atoms with E-state index >= 15 is 0 Å². The fourth-order valence-corrected chi connectivity index (χ4v) is 3.56. The molecular weight excluding hydrogens is 264 g/mol. The number of thiophene rings is 1. The number of likely N-dealkylation sites (N-methyl/N-ethyl adjacent to an activating group) is 2. The number of fused-ring (bicyclic) bond motifs is 1. The van der Waals surface area contributed by atoms with Crippen LogP contribution in [-0.4, -0.2) is 38.1 Å². The first-order valence-corrected chi connectivity index (χ1v) is 8.39. The van der Waals surface area contributed by atoms with Crippen molar-refractivity contribution >= 4 is 27.1 Å². The minimum Gasteiger partial charge on any atom is -0.370 e. The van der Waals surface area contributed by atoms with Crippen molar-refractivity contribution in [1.29, 1.82) is 0 Å². The van der Waals surface area contributed by atoms with Gasteiger partial charge >= 0.3 is 0 Å². The van der Waals surface area contributed by atoms with Gasteiger partial charge in [-0.15, -0.1) is 11.3 Å². The normalized spacial score (nSPS) is 11.4. The third kappa shape index (κ3) is 3.74. The van der Waals surface area contributed by atoms with Gasteiger partial charge in [0.25, 0.3) is 0 Å². The van der Waals surface area contributed by atoms with Crippen molar-refractivity contribution in [3.05, 3.63) is 29.1 Å². The van der Waals surface area contributed by atoms with E-state index in [1.807, 2.05) is 11.3 Å². The van der Waals surface area contributed by atoms with Crippen LogP contribution in [0.25, 0.3) is 10.1 Å². The van der Waals surface area contributed by atoms with Crippen molar-refractivity contribution < 1.29 is 0 Å². The summed E-state index contributed by atoms with van der Waals surface area (Å²) in [5.41, 5.74) is 1.35. The molecule has 0 aliphatic heterocycles. The molecule has 0 radical (unpaired) electrons. The Bertz CT molecular complexity index is 547. The molecule has 0 atom stereocenters. The summed E-state index contributed by atoms with van der Waals surface area (Å²) in [5, 5.41) is 1.37. The van der Waals surface area contributed by atoms with E-state index in [0.29, 0.717) is 0 Å². The molecule has 1 aromatic heterocycles.